The molecule has 2 rings (SSSR count). The average molecular weight is 428 g/mol. The van der Waals surface area contributed by atoms with E-state index in [1.165, 1.54) is 6.92 Å². The van der Waals surface area contributed by atoms with Crippen LogP contribution in [0.4, 0.5) is 0 Å². The SMILES string of the molecule is C[C@@H](NC(=O)[C@](N)(C(=O)OCc1ccccc1)C(Cc1ccccc1)C(=O)O)C(=O)O. The highest BCUT2D eigenvalue weighted by molar-refractivity contribution is 6.11. The van der Waals surface area contributed by atoms with Gasteiger partial charge in [-0.1, -0.05) is 60.7 Å². The first kappa shape index (κ1) is 23.6. The molecule has 0 aliphatic rings. The van der Waals surface area contributed by atoms with E-state index in [0.29, 0.717) is 11.1 Å². The Balaban J connectivity index is 2.38. The lowest BCUT2D eigenvalue weighted by Gasteiger charge is -2.32. The zero-order chi connectivity index (χ0) is 23.0. The molecule has 9 heteroatoms. The molecule has 1 amide bonds. The molecular formula is C22H24N2O7. The van der Waals surface area contributed by atoms with E-state index in [4.69, 9.17) is 15.6 Å². The van der Waals surface area contributed by atoms with Gasteiger partial charge < -0.3 is 26.0 Å². The third kappa shape index (κ3) is 5.89. The standard InChI is InChI=1S/C22H24N2O7/c1-14(18(25)26)24-20(29)22(23,21(30)31-13-16-10-6-3-7-11-16)17(19(27)28)12-15-8-4-2-5-9-15/h2-11,14,17H,12-13,23H2,1H3,(H,24,29)(H,25,26)(H,27,28)/t14-,17?,22+/m1/s1. The molecule has 0 spiro atoms. The molecule has 3 atom stereocenters. The molecule has 31 heavy (non-hydrogen) atoms. The van der Waals surface area contributed by atoms with Crippen molar-refractivity contribution in [3.05, 3.63) is 71.8 Å². The molecule has 2 aromatic carbocycles. The molecular weight excluding hydrogens is 404 g/mol. The summed E-state index contributed by atoms with van der Waals surface area (Å²) < 4.78 is 5.19. The zero-order valence-electron chi connectivity index (χ0n) is 16.9. The maximum atomic E-state index is 12.9. The van der Waals surface area contributed by atoms with Crippen molar-refractivity contribution in [1.82, 2.24) is 5.32 Å². The van der Waals surface area contributed by atoms with Crippen LogP contribution in [0, 0.1) is 5.92 Å². The van der Waals surface area contributed by atoms with Crippen LogP contribution < -0.4 is 11.1 Å². The van der Waals surface area contributed by atoms with Crippen LogP contribution in [0.25, 0.3) is 0 Å². The fourth-order valence-electron chi connectivity index (χ4n) is 2.91. The van der Waals surface area contributed by atoms with Gasteiger partial charge >= 0.3 is 17.9 Å². The smallest absolute Gasteiger partial charge is 0.337 e. The minimum atomic E-state index is -2.67. The normalized spacial score (nSPS) is 14.5. The molecule has 0 aliphatic heterocycles. The van der Waals surface area contributed by atoms with Gasteiger partial charge in [0.1, 0.15) is 12.6 Å². The molecule has 0 aliphatic carbocycles. The van der Waals surface area contributed by atoms with Crippen molar-refractivity contribution < 1.29 is 34.1 Å². The lowest BCUT2D eigenvalue weighted by Crippen LogP contribution is -2.68. The monoisotopic (exact) mass is 428 g/mol. The number of aliphatic carboxylic acids is 2. The van der Waals surface area contributed by atoms with E-state index in [-0.39, 0.29) is 13.0 Å². The Morgan fingerprint density at radius 1 is 0.935 bits per heavy atom. The summed E-state index contributed by atoms with van der Waals surface area (Å²) in [7, 11) is 0. The molecule has 164 valence electrons. The summed E-state index contributed by atoms with van der Waals surface area (Å²) in [6.45, 7) is 0.932. The lowest BCUT2D eigenvalue weighted by atomic mass is 9.79. The van der Waals surface area contributed by atoms with Crippen molar-refractivity contribution in [2.24, 2.45) is 11.7 Å². The van der Waals surface area contributed by atoms with Gasteiger partial charge in [-0.3, -0.25) is 14.4 Å². The van der Waals surface area contributed by atoms with E-state index in [0.717, 1.165) is 0 Å². The highest BCUT2D eigenvalue weighted by Gasteiger charge is 2.54. The van der Waals surface area contributed by atoms with Crippen molar-refractivity contribution in [1.29, 1.82) is 0 Å². The number of nitrogens with one attached hydrogen (secondary N) is 1. The molecule has 0 aromatic heterocycles. The Morgan fingerprint density at radius 3 is 1.94 bits per heavy atom. The van der Waals surface area contributed by atoms with Gasteiger partial charge in [-0.15, -0.1) is 0 Å². The Labute approximate surface area is 178 Å². The van der Waals surface area contributed by atoms with Crippen molar-refractivity contribution >= 4 is 23.8 Å². The molecule has 0 saturated carbocycles. The van der Waals surface area contributed by atoms with Crippen LogP contribution in [0.5, 0.6) is 0 Å². The molecule has 5 N–H and O–H groups in total. The highest BCUT2D eigenvalue weighted by atomic mass is 16.5. The number of carboxylic acids is 2. The molecule has 1 unspecified atom stereocenters. The number of nitrogens with two attached hydrogens (primary N) is 1. The summed E-state index contributed by atoms with van der Waals surface area (Å²) in [5.41, 5.74) is 4.60. The average Bonchev–Trinajstić information content (AvgIpc) is 2.76. The van der Waals surface area contributed by atoms with Crippen molar-refractivity contribution in [3.63, 3.8) is 0 Å². The van der Waals surface area contributed by atoms with Gasteiger partial charge in [0, 0.05) is 0 Å². The summed E-state index contributed by atoms with van der Waals surface area (Å²) in [5.74, 6) is -7.10. The summed E-state index contributed by atoms with van der Waals surface area (Å²) in [5, 5.41) is 21.0. The number of ether oxygens (including phenoxy) is 1. The molecule has 0 fully saturated rings. The molecule has 0 heterocycles. The maximum Gasteiger partial charge on any atom is 0.337 e. The lowest BCUT2D eigenvalue weighted by molar-refractivity contribution is -0.165. The zero-order valence-corrected chi connectivity index (χ0v) is 16.9. The van der Waals surface area contributed by atoms with Crippen LogP contribution in [-0.4, -0.2) is 45.6 Å². The Morgan fingerprint density at radius 2 is 1.45 bits per heavy atom. The molecule has 9 nitrogen and oxygen atoms in total. The van der Waals surface area contributed by atoms with Gasteiger partial charge in [0.25, 0.3) is 5.91 Å². The third-order valence-electron chi connectivity index (χ3n) is 4.77. The van der Waals surface area contributed by atoms with E-state index < -0.39 is 41.3 Å². The maximum absolute atomic E-state index is 12.9. The van der Waals surface area contributed by atoms with E-state index in [2.05, 4.69) is 5.32 Å². The minimum absolute atomic E-state index is 0.238. The topological polar surface area (TPSA) is 156 Å². The van der Waals surface area contributed by atoms with Crippen LogP contribution in [-0.2, 0) is 36.9 Å². The predicted octanol–water partition coefficient (Wildman–Crippen LogP) is 0.960. The largest absolute Gasteiger partial charge is 0.481 e. The quantitative estimate of drug-likeness (QED) is 0.322. The highest BCUT2D eigenvalue weighted by Crippen LogP contribution is 2.24. The van der Waals surface area contributed by atoms with Gasteiger partial charge in [0.05, 0.1) is 5.92 Å². The van der Waals surface area contributed by atoms with Crippen LogP contribution in [0.15, 0.2) is 60.7 Å². The van der Waals surface area contributed by atoms with Crippen LogP contribution >= 0.6 is 0 Å². The van der Waals surface area contributed by atoms with Gasteiger partial charge in [0.2, 0.25) is 5.54 Å². The number of carboxylic acid groups (broad SMARTS) is 2. The van der Waals surface area contributed by atoms with Crippen molar-refractivity contribution in [2.45, 2.75) is 31.5 Å². The first-order valence-electron chi connectivity index (χ1n) is 9.46. The number of carbonyl (C=O) groups is 4. The second-order valence-electron chi connectivity index (χ2n) is 7.04. The molecule has 0 saturated heterocycles. The summed E-state index contributed by atoms with van der Waals surface area (Å²) >= 11 is 0. The van der Waals surface area contributed by atoms with Crippen molar-refractivity contribution in [2.75, 3.05) is 0 Å². The van der Waals surface area contributed by atoms with E-state index in [1.54, 1.807) is 60.7 Å². The number of amides is 1. The van der Waals surface area contributed by atoms with E-state index in [1.807, 2.05) is 0 Å². The Bertz CT molecular complexity index is 933. The van der Waals surface area contributed by atoms with Gasteiger partial charge in [0.15, 0.2) is 0 Å². The van der Waals surface area contributed by atoms with Gasteiger partial charge in [-0.25, -0.2) is 4.79 Å². The van der Waals surface area contributed by atoms with Crippen LogP contribution in [0.3, 0.4) is 0 Å². The number of carbonyl (C=O) groups excluding carboxylic acids is 2. The summed E-state index contributed by atoms with van der Waals surface area (Å²) in [6.07, 6.45) is -0.248. The third-order valence-corrected chi connectivity index (χ3v) is 4.77. The fraction of sp³-hybridized carbons (Fsp3) is 0.273. The first-order chi connectivity index (χ1) is 14.7. The Kier molecular flexibility index (Phi) is 7.87. The second kappa shape index (κ2) is 10.4. The van der Waals surface area contributed by atoms with Crippen LogP contribution in [0.2, 0.25) is 0 Å². The van der Waals surface area contributed by atoms with E-state index >= 15 is 0 Å². The summed E-state index contributed by atoms with van der Waals surface area (Å²) in [6, 6.07) is 15.5. The Hall–Kier alpha value is -3.72. The number of rotatable bonds is 10. The number of hydrogen-bond acceptors (Lipinski definition) is 6. The molecule has 0 bridgehead atoms. The van der Waals surface area contributed by atoms with Gasteiger partial charge in [-0.2, -0.15) is 0 Å². The van der Waals surface area contributed by atoms with Crippen LogP contribution in [0.1, 0.15) is 18.1 Å². The molecule has 0 radical (unpaired) electrons. The number of benzene rings is 2. The van der Waals surface area contributed by atoms with E-state index in [9.17, 15) is 24.3 Å². The number of hydrogen-bond donors (Lipinski definition) is 4. The molecule has 2 aromatic rings. The predicted molar refractivity (Wildman–Crippen MR) is 110 cm³/mol. The van der Waals surface area contributed by atoms with Crippen molar-refractivity contribution in [3.8, 4) is 0 Å². The summed E-state index contributed by atoms with van der Waals surface area (Å²) in [4.78, 5) is 49.1. The second-order valence-corrected chi connectivity index (χ2v) is 7.04. The first-order valence-corrected chi connectivity index (χ1v) is 9.46. The fourth-order valence-corrected chi connectivity index (χ4v) is 2.91. The number of esters is 1. The van der Waals surface area contributed by atoms with Gasteiger partial charge in [-0.05, 0) is 24.5 Å². The minimum Gasteiger partial charge on any atom is -0.481 e.